The van der Waals surface area contributed by atoms with E-state index in [9.17, 15) is 0 Å². The van der Waals surface area contributed by atoms with Gasteiger partial charge in [0.25, 0.3) is 0 Å². The van der Waals surface area contributed by atoms with E-state index >= 15 is 0 Å². The molecule has 0 amide bonds. The van der Waals surface area contributed by atoms with Crippen LogP contribution >= 0.6 is 34.4 Å². The molecule has 0 radical (unpaired) electrons. The largest absolute Gasteiger partial charge is 0.172 e. The van der Waals surface area contributed by atoms with Crippen LogP contribution in [0.15, 0.2) is 158 Å². The number of aryl methyl sites for hydroxylation is 2. The molecule has 312 valence electrons. The molecule has 2 aliphatic rings. The fourth-order valence-corrected chi connectivity index (χ4v) is 13.8. The maximum atomic E-state index is 4.81. The van der Waals surface area contributed by atoms with Crippen molar-refractivity contribution >= 4 is 67.0 Å². The minimum atomic E-state index is -0.190. The molecule has 0 N–H and O–H groups in total. The summed E-state index contributed by atoms with van der Waals surface area (Å²) in [6.07, 6.45) is 0. The van der Waals surface area contributed by atoms with Gasteiger partial charge in [-0.15, -0.1) is 22.7 Å². The van der Waals surface area contributed by atoms with Crippen molar-refractivity contribution in [1.82, 2.24) is 8.75 Å². The zero-order chi connectivity index (χ0) is 43.9. The Bertz CT molecular complexity index is 3760. The molecule has 65 heavy (non-hydrogen) atoms. The van der Waals surface area contributed by atoms with Gasteiger partial charge in [0.15, 0.2) is 0 Å². The van der Waals surface area contributed by atoms with Crippen molar-refractivity contribution in [3.8, 4) is 75.8 Å². The van der Waals surface area contributed by atoms with E-state index in [4.69, 9.17) is 8.75 Å². The van der Waals surface area contributed by atoms with E-state index in [-0.39, 0.29) is 10.8 Å². The number of hydrogen-bond donors (Lipinski definition) is 0. The molecule has 2 nitrogen and oxygen atoms in total. The summed E-state index contributed by atoms with van der Waals surface area (Å²) in [5, 5.41) is 5.14. The Hall–Kier alpha value is -6.50. The Kier molecular flexibility index (Phi) is 8.38. The first-order valence-corrected chi connectivity index (χ1v) is 24.8. The predicted molar refractivity (Wildman–Crippen MR) is 280 cm³/mol. The van der Waals surface area contributed by atoms with Gasteiger partial charge in [-0.2, -0.15) is 8.75 Å². The van der Waals surface area contributed by atoms with Crippen LogP contribution in [0.25, 0.3) is 108 Å². The molecule has 0 bridgehead atoms. The van der Waals surface area contributed by atoms with Crippen LogP contribution in [0.3, 0.4) is 0 Å². The predicted octanol–water partition coefficient (Wildman–Crippen LogP) is 17.7. The smallest absolute Gasteiger partial charge is 0.114 e. The summed E-state index contributed by atoms with van der Waals surface area (Å²) >= 11 is 4.94. The second-order valence-electron chi connectivity index (χ2n) is 19.1. The number of hydrogen-bond acceptors (Lipinski definition) is 5. The topological polar surface area (TPSA) is 25.8 Å². The molecule has 0 unspecified atom stereocenters. The van der Waals surface area contributed by atoms with Gasteiger partial charge in [0.2, 0.25) is 0 Å². The molecule has 5 heteroatoms. The minimum absolute atomic E-state index is 0.0794. The minimum Gasteiger partial charge on any atom is -0.172 e. The van der Waals surface area contributed by atoms with E-state index in [2.05, 4.69) is 199 Å². The maximum Gasteiger partial charge on any atom is 0.114 e. The molecule has 0 saturated carbocycles. The zero-order valence-corrected chi connectivity index (χ0v) is 39.6. The van der Waals surface area contributed by atoms with Crippen molar-refractivity contribution in [1.29, 1.82) is 0 Å². The molecule has 3 heterocycles. The van der Waals surface area contributed by atoms with Crippen LogP contribution in [0.4, 0.5) is 0 Å². The number of aromatic nitrogens is 2. The lowest BCUT2D eigenvalue weighted by Crippen LogP contribution is -2.15. The molecule has 8 aromatic carbocycles. The first kappa shape index (κ1) is 38.9. The summed E-state index contributed by atoms with van der Waals surface area (Å²) < 4.78 is 9.57. The summed E-state index contributed by atoms with van der Waals surface area (Å²) in [6.45, 7) is 13.9. The van der Waals surface area contributed by atoms with Gasteiger partial charge in [-0.25, -0.2) is 0 Å². The fraction of sp³-hybridized carbons (Fsp3) is 0.133. The van der Waals surface area contributed by atoms with E-state index in [0.29, 0.717) is 0 Å². The molecule has 3 aromatic heterocycles. The standard InChI is InChI=1S/C60H44N2S3/c1-33-15-20-38-40-22-18-36(31-50(40)59(3,4)48(38)29-33)55-42-11-7-9-13-44(42)56(45-14-10-8-12-43(45)55)37-19-23-41-39-21-17-35(30-49(39)60(5,6)51(41)32-37)52-27-28-54(64-52)47-25-24-46(53-26-16-34(2)63-53)57-58(47)62-65-61-57/h7-32H,1-6H3. The van der Waals surface area contributed by atoms with Crippen LogP contribution in [0.2, 0.25) is 0 Å². The lowest BCUT2D eigenvalue weighted by atomic mass is 9.79. The van der Waals surface area contributed by atoms with Crippen LogP contribution in [0.1, 0.15) is 60.4 Å². The van der Waals surface area contributed by atoms with E-state index < -0.39 is 0 Å². The Balaban J connectivity index is 0.888. The highest BCUT2D eigenvalue weighted by molar-refractivity contribution is 7.19. The Morgan fingerprint density at radius 1 is 0.369 bits per heavy atom. The van der Waals surface area contributed by atoms with Crippen LogP contribution in [-0.2, 0) is 10.8 Å². The summed E-state index contributed by atoms with van der Waals surface area (Å²) in [6, 6.07) is 60.1. The molecule has 0 aliphatic heterocycles. The third kappa shape index (κ3) is 5.69. The Morgan fingerprint density at radius 3 is 1.26 bits per heavy atom. The summed E-state index contributed by atoms with van der Waals surface area (Å²) in [7, 11) is 0. The highest BCUT2D eigenvalue weighted by atomic mass is 32.1. The summed E-state index contributed by atoms with van der Waals surface area (Å²) in [5.74, 6) is 0. The highest BCUT2D eigenvalue weighted by Crippen LogP contribution is 2.54. The Morgan fingerprint density at radius 2 is 0.769 bits per heavy atom. The molecule has 0 spiro atoms. The summed E-state index contributed by atoms with van der Waals surface area (Å²) in [5.41, 5.74) is 22.7. The van der Waals surface area contributed by atoms with Gasteiger partial charge in [0.1, 0.15) is 11.0 Å². The van der Waals surface area contributed by atoms with E-state index in [0.717, 1.165) is 22.2 Å². The fourth-order valence-electron chi connectivity index (χ4n) is 11.3. The van der Waals surface area contributed by atoms with Crippen molar-refractivity contribution in [2.24, 2.45) is 0 Å². The number of rotatable bonds is 5. The molecular formula is C60H44N2S3. The first-order chi connectivity index (χ1) is 31.5. The third-order valence-corrected chi connectivity index (χ3v) is 17.3. The van der Waals surface area contributed by atoms with Gasteiger partial charge >= 0.3 is 0 Å². The molecule has 0 fully saturated rings. The number of thiophene rings is 2. The number of benzene rings is 8. The van der Waals surface area contributed by atoms with E-state index in [1.807, 2.05) is 22.7 Å². The first-order valence-electron chi connectivity index (χ1n) is 22.5. The normalized spacial score (nSPS) is 14.2. The maximum absolute atomic E-state index is 4.81. The van der Waals surface area contributed by atoms with Crippen molar-refractivity contribution in [3.05, 3.63) is 190 Å². The monoisotopic (exact) mass is 888 g/mol. The SMILES string of the molecule is Cc1ccc2c(c1)C(C)(C)c1cc(-c3c4ccccc4c(-c4ccc5c(c4)C(C)(C)c4cc(-c6ccc(-c7ccc(-c8ccc(C)s8)c8nsnc78)s6)ccc4-5)c4ccccc34)ccc1-2. The number of fused-ring (bicyclic) bond motifs is 9. The third-order valence-electron chi connectivity index (χ3n) is 14.6. The van der Waals surface area contributed by atoms with Crippen molar-refractivity contribution in [2.45, 2.75) is 52.4 Å². The van der Waals surface area contributed by atoms with Gasteiger partial charge in [-0.1, -0.05) is 149 Å². The average Bonchev–Trinajstić information content (AvgIpc) is 4.17. The lowest BCUT2D eigenvalue weighted by Gasteiger charge is -2.24. The van der Waals surface area contributed by atoms with Crippen molar-refractivity contribution < 1.29 is 0 Å². The highest BCUT2D eigenvalue weighted by Gasteiger charge is 2.38. The molecule has 13 rings (SSSR count). The van der Waals surface area contributed by atoms with Crippen molar-refractivity contribution in [2.75, 3.05) is 0 Å². The van der Waals surface area contributed by atoms with Gasteiger partial charge in [-0.05, 0) is 150 Å². The van der Waals surface area contributed by atoms with Crippen LogP contribution in [-0.4, -0.2) is 8.75 Å². The van der Waals surface area contributed by atoms with Gasteiger partial charge in [0.05, 0.1) is 11.7 Å². The molecule has 0 atom stereocenters. The lowest BCUT2D eigenvalue weighted by molar-refractivity contribution is 0.660. The van der Waals surface area contributed by atoms with Gasteiger partial charge in [-0.3, -0.25) is 0 Å². The van der Waals surface area contributed by atoms with Crippen molar-refractivity contribution in [3.63, 3.8) is 0 Å². The van der Waals surface area contributed by atoms with Gasteiger partial charge in [0, 0.05) is 41.5 Å². The van der Waals surface area contributed by atoms with Crippen LogP contribution in [0, 0.1) is 13.8 Å². The second kappa shape index (κ2) is 14.0. The van der Waals surface area contributed by atoms with Crippen LogP contribution < -0.4 is 0 Å². The zero-order valence-electron chi connectivity index (χ0n) is 37.1. The average molecular weight is 889 g/mol. The molecular weight excluding hydrogens is 845 g/mol. The second-order valence-corrected chi connectivity index (χ2v) is 22.0. The van der Waals surface area contributed by atoms with E-state index in [1.165, 1.54) is 131 Å². The Labute approximate surface area is 391 Å². The molecule has 0 saturated heterocycles. The van der Waals surface area contributed by atoms with Crippen LogP contribution in [0.5, 0.6) is 0 Å². The quantitative estimate of drug-likeness (QED) is 0.161. The van der Waals surface area contributed by atoms with E-state index in [1.54, 1.807) is 0 Å². The number of nitrogens with zero attached hydrogens (tertiary/aromatic N) is 2. The van der Waals surface area contributed by atoms with Gasteiger partial charge < -0.3 is 0 Å². The molecule has 2 aliphatic carbocycles. The summed E-state index contributed by atoms with van der Waals surface area (Å²) in [4.78, 5) is 5.01. The molecule has 11 aromatic rings.